The Kier molecular flexibility index (Phi) is 5.96. The van der Waals surface area contributed by atoms with Gasteiger partial charge in [0, 0.05) is 25.2 Å². The zero-order valence-electron chi connectivity index (χ0n) is 16.9. The summed E-state index contributed by atoms with van der Waals surface area (Å²) in [4.78, 5) is 12.9. The number of hydrogen-bond acceptors (Lipinski definition) is 3. The predicted molar refractivity (Wildman–Crippen MR) is 108 cm³/mol. The lowest BCUT2D eigenvalue weighted by Gasteiger charge is -2.22. The Balaban J connectivity index is 1.79. The molecule has 150 valence electrons. The van der Waals surface area contributed by atoms with Crippen LogP contribution in [0.15, 0.2) is 17.0 Å². The molecule has 0 spiro atoms. The molecule has 1 aromatic carbocycles. The van der Waals surface area contributed by atoms with E-state index in [4.69, 9.17) is 0 Å². The van der Waals surface area contributed by atoms with E-state index in [1.165, 1.54) is 30.0 Å². The van der Waals surface area contributed by atoms with Gasteiger partial charge in [-0.1, -0.05) is 20.3 Å². The van der Waals surface area contributed by atoms with Crippen molar-refractivity contribution in [3.8, 4) is 0 Å². The Morgan fingerprint density at radius 3 is 2.41 bits per heavy atom. The minimum Gasteiger partial charge on any atom is -0.326 e. The number of hydrogen-bond donors (Lipinski definition) is 1. The lowest BCUT2D eigenvalue weighted by Crippen LogP contribution is -2.30. The van der Waals surface area contributed by atoms with Crippen molar-refractivity contribution in [2.24, 2.45) is 17.8 Å². The molecule has 3 atom stereocenters. The van der Waals surface area contributed by atoms with Gasteiger partial charge in [0.2, 0.25) is 15.9 Å². The SMILES string of the molecule is CCN(CC)S(=O)(=O)c1cc(C)c(C)c(NC(=O)C[C@H]2C[C@@H]3CC[C@@H]2C3)c1. The summed E-state index contributed by atoms with van der Waals surface area (Å²) in [5.41, 5.74) is 2.42. The third kappa shape index (κ3) is 4.06. The maximum atomic E-state index is 12.9. The highest BCUT2D eigenvalue weighted by atomic mass is 32.2. The van der Waals surface area contributed by atoms with Crippen LogP contribution in [0.25, 0.3) is 0 Å². The van der Waals surface area contributed by atoms with Crippen molar-refractivity contribution in [2.45, 2.75) is 64.7 Å². The van der Waals surface area contributed by atoms with Crippen LogP contribution in [0, 0.1) is 31.6 Å². The van der Waals surface area contributed by atoms with Crippen LogP contribution < -0.4 is 5.32 Å². The number of amides is 1. The Morgan fingerprint density at radius 2 is 1.85 bits per heavy atom. The predicted octanol–water partition coefficient (Wildman–Crippen LogP) is 4.10. The summed E-state index contributed by atoms with van der Waals surface area (Å²) in [6, 6.07) is 3.32. The summed E-state index contributed by atoms with van der Waals surface area (Å²) >= 11 is 0. The maximum absolute atomic E-state index is 12.9. The monoisotopic (exact) mass is 392 g/mol. The van der Waals surface area contributed by atoms with Crippen molar-refractivity contribution in [1.82, 2.24) is 4.31 Å². The van der Waals surface area contributed by atoms with Crippen LogP contribution in [0.2, 0.25) is 0 Å². The molecule has 6 heteroatoms. The third-order valence-electron chi connectivity index (χ3n) is 6.59. The summed E-state index contributed by atoms with van der Waals surface area (Å²) in [7, 11) is -3.55. The van der Waals surface area contributed by atoms with Crippen molar-refractivity contribution < 1.29 is 13.2 Å². The van der Waals surface area contributed by atoms with Crippen molar-refractivity contribution in [3.63, 3.8) is 0 Å². The molecule has 2 fully saturated rings. The van der Waals surface area contributed by atoms with Gasteiger partial charge >= 0.3 is 0 Å². The molecule has 1 amide bonds. The van der Waals surface area contributed by atoms with Crippen LogP contribution in [-0.4, -0.2) is 31.7 Å². The van der Waals surface area contributed by atoms with Gasteiger partial charge in [-0.2, -0.15) is 4.31 Å². The van der Waals surface area contributed by atoms with Crippen LogP contribution >= 0.6 is 0 Å². The second-order valence-corrected chi connectivity index (χ2v) is 10.1. The standard InChI is InChI=1S/C21H32N2O3S/c1-5-23(6-2)27(25,26)19-9-14(3)15(4)20(13-19)22-21(24)12-18-11-16-7-8-17(18)10-16/h9,13,16-18H,5-8,10-12H2,1-4H3,(H,22,24)/t16-,17-,18-/m1/s1. The second kappa shape index (κ2) is 7.92. The summed E-state index contributed by atoms with van der Waals surface area (Å²) in [5.74, 6) is 2.03. The minimum atomic E-state index is -3.55. The first-order valence-corrected chi connectivity index (χ1v) is 11.6. The smallest absolute Gasteiger partial charge is 0.243 e. The molecule has 1 N–H and O–H groups in total. The largest absolute Gasteiger partial charge is 0.326 e. The fourth-order valence-corrected chi connectivity index (χ4v) is 6.45. The number of fused-ring (bicyclic) bond motifs is 2. The number of nitrogens with zero attached hydrogens (tertiary/aromatic N) is 1. The van der Waals surface area contributed by atoms with Crippen LogP contribution in [0.4, 0.5) is 5.69 Å². The van der Waals surface area contributed by atoms with E-state index >= 15 is 0 Å². The van der Waals surface area contributed by atoms with Crippen LogP contribution in [0.5, 0.6) is 0 Å². The number of anilines is 1. The highest BCUT2D eigenvalue weighted by Gasteiger charge is 2.40. The molecule has 0 radical (unpaired) electrons. The van der Waals surface area contributed by atoms with Gasteiger partial charge in [-0.05, 0) is 74.1 Å². The zero-order valence-corrected chi connectivity index (χ0v) is 17.7. The molecular weight excluding hydrogens is 360 g/mol. The van der Waals surface area contributed by atoms with Crippen LogP contribution in [0.3, 0.4) is 0 Å². The molecule has 1 aromatic rings. The van der Waals surface area contributed by atoms with E-state index in [0.29, 0.717) is 37.0 Å². The average molecular weight is 393 g/mol. The van der Waals surface area contributed by atoms with E-state index in [1.54, 1.807) is 12.1 Å². The van der Waals surface area contributed by atoms with E-state index in [2.05, 4.69) is 5.32 Å². The Hall–Kier alpha value is -1.40. The van der Waals surface area contributed by atoms with Gasteiger partial charge < -0.3 is 5.32 Å². The van der Waals surface area contributed by atoms with Gasteiger partial charge in [0.05, 0.1) is 4.90 Å². The molecule has 0 aromatic heterocycles. The molecule has 5 nitrogen and oxygen atoms in total. The Bertz CT molecular complexity index is 815. The fraction of sp³-hybridized carbons (Fsp3) is 0.667. The molecule has 0 aliphatic heterocycles. The summed E-state index contributed by atoms with van der Waals surface area (Å²) in [5, 5.41) is 3.00. The Morgan fingerprint density at radius 1 is 1.15 bits per heavy atom. The van der Waals surface area contributed by atoms with E-state index in [-0.39, 0.29) is 10.8 Å². The number of aryl methyl sites for hydroxylation is 1. The minimum absolute atomic E-state index is 0.00689. The number of nitrogens with one attached hydrogen (secondary N) is 1. The van der Waals surface area contributed by atoms with E-state index in [0.717, 1.165) is 17.0 Å². The van der Waals surface area contributed by atoms with Gasteiger partial charge in [0.1, 0.15) is 0 Å². The zero-order chi connectivity index (χ0) is 19.8. The first-order chi connectivity index (χ1) is 12.8. The summed E-state index contributed by atoms with van der Waals surface area (Å²) in [6.07, 6.45) is 5.59. The molecule has 0 heterocycles. The molecular formula is C21H32N2O3S. The second-order valence-electron chi connectivity index (χ2n) is 8.19. The molecule has 0 unspecified atom stereocenters. The number of sulfonamides is 1. The highest BCUT2D eigenvalue weighted by Crippen LogP contribution is 2.49. The third-order valence-corrected chi connectivity index (χ3v) is 8.62. The van der Waals surface area contributed by atoms with Gasteiger partial charge in [-0.15, -0.1) is 0 Å². The van der Waals surface area contributed by atoms with Gasteiger partial charge in [0.15, 0.2) is 0 Å². The molecule has 3 rings (SSSR count). The molecule has 2 saturated carbocycles. The topological polar surface area (TPSA) is 66.5 Å². The molecule has 2 aliphatic rings. The van der Waals surface area contributed by atoms with Crippen molar-refractivity contribution in [1.29, 1.82) is 0 Å². The van der Waals surface area contributed by atoms with Gasteiger partial charge in [-0.25, -0.2) is 8.42 Å². The van der Waals surface area contributed by atoms with E-state index in [1.807, 2.05) is 27.7 Å². The lowest BCUT2D eigenvalue weighted by molar-refractivity contribution is -0.117. The number of carbonyl (C=O) groups excluding carboxylic acids is 1. The van der Waals surface area contributed by atoms with Gasteiger partial charge in [-0.3, -0.25) is 4.79 Å². The molecule has 27 heavy (non-hydrogen) atoms. The van der Waals surface area contributed by atoms with Crippen LogP contribution in [0.1, 0.15) is 57.1 Å². The van der Waals surface area contributed by atoms with E-state index < -0.39 is 10.0 Å². The number of rotatable bonds is 7. The van der Waals surface area contributed by atoms with Crippen molar-refractivity contribution in [3.05, 3.63) is 23.3 Å². The Labute approximate surface area is 163 Å². The van der Waals surface area contributed by atoms with Crippen LogP contribution in [-0.2, 0) is 14.8 Å². The van der Waals surface area contributed by atoms with Crippen molar-refractivity contribution >= 4 is 21.6 Å². The number of carbonyl (C=O) groups is 1. The maximum Gasteiger partial charge on any atom is 0.243 e. The lowest BCUT2D eigenvalue weighted by atomic mass is 9.86. The number of benzene rings is 1. The summed E-state index contributed by atoms with van der Waals surface area (Å²) in [6.45, 7) is 8.34. The normalized spacial score (nSPS) is 24.6. The first-order valence-electron chi connectivity index (χ1n) is 10.2. The molecule has 0 saturated heterocycles. The van der Waals surface area contributed by atoms with Crippen molar-refractivity contribution in [2.75, 3.05) is 18.4 Å². The van der Waals surface area contributed by atoms with E-state index in [9.17, 15) is 13.2 Å². The average Bonchev–Trinajstić information content (AvgIpc) is 3.22. The van der Waals surface area contributed by atoms with Gasteiger partial charge in [0.25, 0.3) is 0 Å². The quantitative estimate of drug-likeness (QED) is 0.760. The highest BCUT2D eigenvalue weighted by molar-refractivity contribution is 7.89. The summed E-state index contributed by atoms with van der Waals surface area (Å²) < 4.78 is 27.2. The fourth-order valence-electron chi connectivity index (χ4n) is 4.88. The molecule has 2 aliphatic carbocycles. The molecule has 2 bridgehead atoms. The first kappa shape index (κ1) is 20.3.